The van der Waals surface area contributed by atoms with Gasteiger partial charge in [0.15, 0.2) is 5.82 Å². The number of ketones is 1. The van der Waals surface area contributed by atoms with Gasteiger partial charge < -0.3 is 4.57 Å². The molecule has 3 aromatic rings. The van der Waals surface area contributed by atoms with Crippen molar-refractivity contribution in [1.82, 2.24) is 9.55 Å². The molecule has 3 nitrogen and oxygen atoms in total. The van der Waals surface area contributed by atoms with E-state index in [1.54, 1.807) is 12.2 Å². The van der Waals surface area contributed by atoms with Crippen molar-refractivity contribution < 1.29 is 4.79 Å². The van der Waals surface area contributed by atoms with Gasteiger partial charge in [0, 0.05) is 11.5 Å². The van der Waals surface area contributed by atoms with E-state index in [0.717, 1.165) is 21.1 Å². The summed E-state index contributed by atoms with van der Waals surface area (Å²) in [6, 6.07) is 15.5. The fraction of sp³-hybridized carbons (Fsp3) is 0.0588. The summed E-state index contributed by atoms with van der Waals surface area (Å²) >= 11 is 3.39. The van der Waals surface area contributed by atoms with E-state index in [2.05, 4.69) is 20.9 Å². The predicted octanol–water partition coefficient (Wildman–Crippen LogP) is 4.23. The largest absolute Gasteiger partial charge is 0.324 e. The molecular formula is C17H13BrN2O. The number of hydrogen-bond acceptors (Lipinski definition) is 2. The topological polar surface area (TPSA) is 34.9 Å². The highest BCUT2D eigenvalue weighted by atomic mass is 79.9. The molecule has 0 fully saturated rings. The maximum atomic E-state index is 12.3. The number of nitrogens with zero attached hydrogens (tertiary/aromatic N) is 2. The Hall–Kier alpha value is -2.20. The van der Waals surface area contributed by atoms with Gasteiger partial charge in [0.1, 0.15) is 0 Å². The van der Waals surface area contributed by atoms with Crippen LogP contribution in [0.15, 0.2) is 59.1 Å². The van der Waals surface area contributed by atoms with Gasteiger partial charge in [-0.15, -0.1) is 0 Å². The first kappa shape index (κ1) is 13.8. The number of para-hydroxylation sites is 2. The molecule has 0 spiro atoms. The number of imidazole rings is 1. The molecule has 2 aromatic carbocycles. The van der Waals surface area contributed by atoms with Gasteiger partial charge in [-0.25, -0.2) is 4.98 Å². The molecule has 0 N–H and O–H groups in total. The second-order valence-corrected chi connectivity index (χ2v) is 5.65. The highest BCUT2D eigenvalue weighted by molar-refractivity contribution is 9.10. The van der Waals surface area contributed by atoms with Gasteiger partial charge >= 0.3 is 0 Å². The SMILES string of the molecule is Cn1c(C(=O)C=Cc2ccc(Br)cc2)nc2ccccc21. The molecule has 0 bridgehead atoms. The van der Waals surface area contributed by atoms with Crippen LogP contribution in [0.1, 0.15) is 16.2 Å². The van der Waals surface area contributed by atoms with Gasteiger partial charge in [0.2, 0.25) is 5.78 Å². The number of fused-ring (bicyclic) bond motifs is 1. The quantitative estimate of drug-likeness (QED) is 0.528. The number of aryl methyl sites for hydroxylation is 1. The van der Waals surface area contributed by atoms with Gasteiger partial charge in [-0.05, 0) is 35.9 Å². The second-order valence-electron chi connectivity index (χ2n) is 4.73. The molecular weight excluding hydrogens is 328 g/mol. The lowest BCUT2D eigenvalue weighted by Gasteiger charge is -1.98. The van der Waals surface area contributed by atoms with Crippen molar-refractivity contribution in [2.24, 2.45) is 7.05 Å². The van der Waals surface area contributed by atoms with Crippen molar-refractivity contribution >= 4 is 38.8 Å². The van der Waals surface area contributed by atoms with Crippen LogP contribution in [0.25, 0.3) is 17.1 Å². The minimum atomic E-state index is -0.100. The second kappa shape index (κ2) is 5.66. The van der Waals surface area contributed by atoms with E-state index < -0.39 is 0 Å². The van der Waals surface area contributed by atoms with Crippen molar-refractivity contribution in [3.63, 3.8) is 0 Å². The molecule has 0 radical (unpaired) electrons. The number of allylic oxidation sites excluding steroid dienone is 1. The predicted molar refractivity (Wildman–Crippen MR) is 88.2 cm³/mol. The highest BCUT2D eigenvalue weighted by Gasteiger charge is 2.12. The Balaban J connectivity index is 1.90. The van der Waals surface area contributed by atoms with E-state index in [4.69, 9.17) is 0 Å². The van der Waals surface area contributed by atoms with E-state index in [1.165, 1.54) is 0 Å². The average Bonchev–Trinajstić information content (AvgIpc) is 2.84. The zero-order valence-corrected chi connectivity index (χ0v) is 13.0. The van der Waals surface area contributed by atoms with Crippen molar-refractivity contribution in [2.75, 3.05) is 0 Å². The lowest BCUT2D eigenvalue weighted by molar-refractivity contribution is 0.103. The first-order chi connectivity index (χ1) is 10.1. The maximum Gasteiger partial charge on any atom is 0.221 e. The minimum absolute atomic E-state index is 0.100. The standard InChI is InChI=1S/C17H13BrN2O/c1-20-15-5-3-2-4-14(15)19-17(20)16(21)11-8-12-6-9-13(18)10-7-12/h2-11H,1H3. The normalized spacial score (nSPS) is 11.3. The monoisotopic (exact) mass is 340 g/mol. The third-order valence-corrected chi connectivity index (χ3v) is 3.83. The van der Waals surface area contributed by atoms with E-state index in [1.807, 2.05) is 60.1 Å². The van der Waals surface area contributed by atoms with E-state index in [9.17, 15) is 4.79 Å². The number of rotatable bonds is 3. The highest BCUT2D eigenvalue weighted by Crippen LogP contribution is 2.16. The van der Waals surface area contributed by atoms with Gasteiger partial charge in [0.05, 0.1) is 11.0 Å². The zero-order chi connectivity index (χ0) is 14.8. The molecule has 0 aliphatic rings. The fourth-order valence-corrected chi connectivity index (χ4v) is 2.45. The van der Waals surface area contributed by atoms with Crippen molar-refractivity contribution in [1.29, 1.82) is 0 Å². The van der Waals surface area contributed by atoms with Gasteiger partial charge in [-0.3, -0.25) is 4.79 Å². The molecule has 3 rings (SSSR count). The summed E-state index contributed by atoms with van der Waals surface area (Å²) < 4.78 is 2.84. The first-order valence-corrected chi connectivity index (χ1v) is 7.34. The van der Waals surface area contributed by atoms with Crippen LogP contribution in [-0.2, 0) is 7.05 Å². The van der Waals surface area contributed by atoms with Gasteiger partial charge in [0.25, 0.3) is 0 Å². The van der Waals surface area contributed by atoms with Crippen LogP contribution < -0.4 is 0 Å². The first-order valence-electron chi connectivity index (χ1n) is 6.54. The van der Waals surface area contributed by atoms with Crippen LogP contribution in [0.3, 0.4) is 0 Å². The molecule has 21 heavy (non-hydrogen) atoms. The Labute approximate surface area is 131 Å². The molecule has 0 saturated carbocycles. The number of benzene rings is 2. The molecule has 0 amide bonds. The molecule has 104 valence electrons. The lowest BCUT2D eigenvalue weighted by Crippen LogP contribution is -2.04. The van der Waals surface area contributed by atoms with Crippen LogP contribution in [0.2, 0.25) is 0 Å². The molecule has 4 heteroatoms. The van der Waals surface area contributed by atoms with E-state index >= 15 is 0 Å². The van der Waals surface area contributed by atoms with Crippen LogP contribution >= 0.6 is 15.9 Å². The minimum Gasteiger partial charge on any atom is -0.324 e. The van der Waals surface area contributed by atoms with Gasteiger partial charge in [-0.1, -0.05) is 46.3 Å². The summed E-state index contributed by atoms with van der Waals surface area (Å²) in [6.07, 6.45) is 3.36. The number of aromatic nitrogens is 2. The van der Waals surface area contributed by atoms with Gasteiger partial charge in [-0.2, -0.15) is 0 Å². The molecule has 1 aromatic heterocycles. The van der Waals surface area contributed by atoms with Crippen LogP contribution in [-0.4, -0.2) is 15.3 Å². The number of hydrogen-bond donors (Lipinski definition) is 0. The molecule has 0 saturated heterocycles. The summed E-state index contributed by atoms with van der Waals surface area (Å²) in [5, 5.41) is 0. The Bertz CT molecular complexity index is 832. The summed E-state index contributed by atoms with van der Waals surface area (Å²) in [5.74, 6) is 0.348. The number of carbonyl (C=O) groups is 1. The molecule has 0 atom stereocenters. The molecule has 0 unspecified atom stereocenters. The van der Waals surface area contributed by atoms with Crippen molar-refractivity contribution in [3.05, 3.63) is 70.5 Å². The summed E-state index contributed by atoms with van der Waals surface area (Å²) in [5.41, 5.74) is 2.77. The lowest BCUT2D eigenvalue weighted by atomic mass is 10.2. The molecule has 0 aliphatic heterocycles. The smallest absolute Gasteiger partial charge is 0.221 e. The van der Waals surface area contributed by atoms with Crippen LogP contribution in [0.4, 0.5) is 0 Å². The maximum absolute atomic E-state index is 12.3. The third kappa shape index (κ3) is 2.81. The molecule has 0 aliphatic carbocycles. The molecule has 1 heterocycles. The van der Waals surface area contributed by atoms with E-state index in [-0.39, 0.29) is 5.78 Å². The fourth-order valence-electron chi connectivity index (χ4n) is 2.19. The van der Waals surface area contributed by atoms with Crippen LogP contribution in [0, 0.1) is 0 Å². The van der Waals surface area contributed by atoms with E-state index in [0.29, 0.717) is 5.82 Å². The summed E-state index contributed by atoms with van der Waals surface area (Å²) in [7, 11) is 1.86. The summed E-state index contributed by atoms with van der Waals surface area (Å²) in [6.45, 7) is 0. The average molecular weight is 341 g/mol. The van der Waals surface area contributed by atoms with Crippen molar-refractivity contribution in [2.45, 2.75) is 0 Å². The van der Waals surface area contributed by atoms with Crippen molar-refractivity contribution in [3.8, 4) is 0 Å². The Morgan fingerprint density at radius 3 is 2.57 bits per heavy atom. The number of carbonyl (C=O) groups excluding carboxylic acids is 1. The Kier molecular flexibility index (Phi) is 3.71. The number of halogens is 1. The Morgan fingerprint density at radius 2 is 1.86 bits per heavy atom. The van der Waals surface area contributed by atoms with Crippen LogP contribution in [0.5, 0.6) is 0 Å². The Morgan fingerprint density at radius 1 is 1.14 bits per heavy atom. The zero-order valence-electron chi connectivity index (χ0n) is 11.5. The third-order valence-electron chi connectivity index (χ3n) is 3.30. The summed E-state index contributed by atoms with van der Waals surface area (Å²) in [4.78, 5) is 16.7.